The molecule has 0 unspecified atom stereocenters. The lowest BCUT2D eigenvalue weighted by atomic mass is 9.95. The Bertz CT molecular complexity index is 934. The second kappa shape index (κ2) is 8.25. The van der Waals surface area contributed by atoms with Crippen molar-refractivity contribution in [2.45, 2.75) is 19.8 Å². The summed E-state index contributed by atoms with van der Waals surface area (Å²) >= 11 is 0. The lowest BCUT2D eigenvalue weighted by Crippen LogP contribution is -2.23. The van der Waals surface area contributed by atoms with Crippen molar-refractivity contribution in [2.75, 3.05) is 6.61 Å². The highest BCUT2D eigenvalue weighted by molar-refractivity contribution is 6.00. The summed E-state index contributed by atoms with van der Waals surface area (Å²) in [6.45, 7) is 2.29. The Kier molecular flexibility index (Phi) is 5.59. The molecule has 0 bridgehead atoms. The van der Waals surface area contributed by atoms with Crippen LogP contribution in [0.2, 0.25) is 0 Å². The minimum absolute atomic E-state index is 0.0128. The summed E-state index contributed by atoms with van der Waals surface area (Å²) in [5.41, 5.74) is 2.02. The quantitative estimate of drug-likeness (QED) is 0.538. The minimum atomic E-state index is -0.627. The van der Waals surface area contributed by atoms with Gasteiger partial charge in [-0.2, -0.15) is 5.10 Å². The van der Waals surface area contributed by atoms with Crippen molar-refractivity contribution >= 4 is 5.97 Å². The first kappa shape index (κ1) is 17.6. The van der Waals surface area contributed by atoms with Gasteiger partial charge in [0.1, 0.15) is 5.56 Å². The van der Waals surface area contributed by atoms with E-state index in [2.05, 4.69) is 10.2 Å². The highest BCUT2D eigenvalue weighted by Crippen LogP contribution is 2.31. The average Bonchev–Trinajstić information content (AvgIpc) is 2.69. The summed E-state index contributed by atoms with van der Waals surface area (Å²) in [7, 11) is 0. The molecule has 5 heteroatoms. The highest BCUT2D eigenvalue weighted by atomic mass is 16.5. The van der Waals surface area contributed by atoms with Crippen molar-refractivity contribution in [1.82, 2.24) is 10.2 Å². The number of rotatable bonds is 6. The number of nitrogens with zero attached hydrogens (tertiary/aromatic N) is 1. The van der Waals surface area contributed by atoms with E-state index in [0.29, 0.717) is 11.3 Å². The molecule has 26 heavy (non-hydrogen) atoms. The number of esters is 1. The maximum atomic E-state index is 12.6. The number of carbonyl (C=O) groups excluding carboxylic acids is 1. The van der Waals surface area contributed by atoms with Gasteiger partial charge in [-0.05, 0) is 12.0 Å². The summed E-state index contributed by atoms with van der Waals surface area (Å²) in [5.74, 6) is -0.627. The van der Waals surface area contributed by atoms with Crippen molar-refractivity contribution in [2.24, 2.45) is 0 Å². The van der Waals surface area contributed by atoms with Crippen molar-refractivity contribution in [3.63, 3.8) is 0 Å². The number of hydrogen-bond donors (Lipinski definition) is 1. The van der Waals surface area contributed by atoms with Crippen molar-refractivity contribution in [3.05, 3.63) is 76.6 Å². The van der Waals surface area contributed by atoms with Crippen LogP contribution in [0.1, 0.15) is 30.1 Å². The zero-order valence-corrected chi connectivity index (χ0v) is 14.6. The summed E-state index contributed by atoms with van der Waals surface area (Å²) in [4.78, 5) is 25.1. The molecule has 132 valence electrons. The smallest absolute Gasteiger partial charge is 0.344 e. The van der Waals surface area contributed by atoms with Crippen LogP contribution in [-0.4, -0.2) is 22.8 Å². The van der Waals surface area contributed by atoms with Gasteiger partial charge < -0.3 is 4.74 Å². The first-order valence-corrected chi connectivity index (χ1v) is 8.63. The van der Waals surface area contributed by atoms with Gasteiger partial charge in [0.05, 0.1) is 12.3 Å². The zero-order chi connectivity index (χ0) is 18.4. The molecule has 0 aliphatic rings. The third-order valence-electron chi connectivity index (χ3n) is 4.03. The summed E-state index contributed by atoms with van der Waals surface area (Å²) in [6.07, 6.45) is 1.65. The molecule has 0 radical (unpaired) electrons. The molecule has 1 heterocycles. The number of H-pyrrole nitrogens is 1. The molecule has 0 aliphatic carbocycles. The van der Waals surface area contributed by atoms with Crippen LogP contribution in [0.4, 0.5) is 0 Å². The Balaban J connectivity index is 2.20. The van der Waals surface area contributed by atoms with Crippen LogP contribution in [0.15, 0.2) is 65.5 Å². The first-order valence-electron chi connectivity index (χ1n) is 8.63. The molecule has 1 aromatic heterocycles. The second-order valence-corrected chi connectivity index (χ2v) is 5.87. The van der Waals surface area contributed by atoms with Crippen LogP contribution >= 0.6 is 0 Å². The molecule has 0 saturated carbocycles. The van der Waals surface area contributed by atoms with Gasteiger partial charge >= 0.3 is 5.97 Å². The lowest BCUT2D eigenvalue weighted by molar-refractivity contribution is 0.0498. The fourth-order valence-electron chi connectivity index (χ4n) is 2.72. The van der Waals surface area contributed by atoms with E-state index in [0.717, 1.165) is 24.0 Å². The number of carbonyl (C=O) groups is 1. The Labute approximate surface area is 151 Å². The summed E-state index contributed by atoms with van der Waals surface area (Å²) in [5, 5.41) is 6.66. The predicted octanol–water partition coefficient (Wildman–Crippen LogP) is 4.06. The van der Waals surface area contributed by atoms with E-state index in [1.54, 1.807) is 0 Å². The number of ether oxygens (including phenoxy) is 1. The van der Waals surface area contributed by atoms with E-state index in [9.17, 15) is 9.59 Å². The van der Waals surface area contributed by atoms with Crippen LogP contribution in [0.3, 0.4) is 0 Å². The van der Waals surface area contributed by atoms with Crippen molar-refractivity contribution in [3.8, 4) is 22.4 Å². The molecule has 0 spiro atoms. The van der Waals surface area contributed by atoms with Crippen LogP contribution in [0, 0.1) is 0 Å². The van der Waals surface area contributed by atoms with Gasteiger partial charge in [0.2, 0.25) is 0 Å². The van der Waals surface area contributed by atoms with E-state index >= 15 is 0 Å². The normalized spacial score (nSPS) is 10.5. The average molecular weight is 348 g/mol. The predicted molar refractivity (Wildman–Crippen MR) is 101 cm³/mol. The third-order valence-corrected chi connectivity index (χ3v) is 4.03. The van der Waals surface area contributed by atoms with Gasteiger partial charge in [-0.1, -0.05) is 74.0 Å². The van der Waals surface area contributed by atoms with E-state index in [-0.39, 0.29) is 12.2 Å². The van der Waals surface area contributed by atoms with Gasteiger partial charge in [-0.25, -0.2) is 9.89 Å². The first-order chi connectivity index (χ1) is 12.7. The second-order valence-electron chi connectivity index (χ2n) is 5.87. The Morgan fingerprint density at radius 3 is 2.23 bits per heavy atom. The molecule has 2 aromatic carbocycles. The lowest BCUT2D eigenvalue weighted by Gasteiger charge is -2.13. The van der Waals surface area contributed by atoms with Gasteiger partial charge in [0, 0.05) is 11.1 Å². The number of aromatic nitrogens is 2. The van der Waals surface area contributed by atoms with Crippen LogP contribution in [0.25, 0.3) is 22.4 Å². The number of hydrogen-bond acceptors (Lipinski definition) is 4. The monoisotopic (exact) mass is 348 g/mol. The van der Waals surface area contributed by atoms with Crippen molar-refractivity contribution in [1.29, 1.82) is 0 Å². The third kappa shape index (κ3) is 3.72. The van der Waals surface area contributed by atoms with E-state index < -0.39 is 11.5 Å². The number of benzene rings is 2. The Hall–Kier alpha value is -3.21. The maximum Gasteiger partial charge on any atom is 0.344 e. The van der Waals surface area contributed by atoms with Crippen LogP contribution < -0.4 is 5.56 Å². The summed E-state index contributed by atoms with van der Waals surface area (Å²) in [6, 6.07) is 18.8. The van der Waals surface area contributed by atoms with Gasteiger partial charge in [0.15, 0.2) is 0 Å². The molecular weight excluding hydrogens is 328 g/mol. The SMILES string of the molecule is CCCCOC(=O)c1c(-c2ccccc2)c(-c2ccccc2)n[nH]c1=O. The van der Waals surface area contributed by atoms with E-state index in [1.165, 1.54) is 0 Å². The molecule has 5 nitrogen and oxygen atoms in total. The molecule has 0 saturated heterocycles. The number of nitrogens with one attached hydrogen (secondary N) is 1. The number of aromatic amines is 1. The molecule has 3 rings (SSSR count). The minimum Gasteiger partial charge on any atom is -0.462 e. The summed E-state index contributed by atoms with van der Waals surface area (Å²) < 4.78 is 5.32. The zero-order valence-electron chi connectivity index (χ0n) is 14.6. The fraction of sp³-hybridized carbons (Fsp3) is 0.190. The maximum absolute atomic E-state index is 12.6. The van der Waals surface area contributed by atoms with Gasteiger partial charge in [-0.15, -0.1) is 0 Å². The Morgan fingerprint density at radius 1 is 1.00 bits per heavy atom. The van der Waals surface area contributed by atoms with E-state index in [1.807, 2.05) is 67.6 Å². The van der Waals surface area contributed by atoms with Gasteiger partial charge in [-0.3, -0.25) is 4.79 Å². The molecule has 3 aromatic rings. The molecule has 0 atom stereocenters. The molecule has 1 N–H and O–H groups in total. The van der Waals surface area contributed by atoms with Gasteiger partial charge in [0.25, 0.3) is 5.56 Å². The molecule has 0 fully saturated rings. The van der Waals surface area contributed by atoms with E-state index in [4.69, 9.17) is 4.74 Å². The Morgan fingerprint density at radius 2 is 1.62 bits per heavy atom. The fourth-order valence-corrected chi connectivity index (χ4v) is 2.72. The van der Waals surface area contributed by atoms with Crippen molar-refractivity contribution < 1.29 is 9.53 Å². The molecule has 0 aliphatic heterocycles. The topological polar surface area (TPSA) is 72.0 Å². The largest absolute Gasteiger partial charge is 0.462 e. The molecule has 0 amide bonds. The number of unbranched alkanes of at least 4 members (excludes halogenated alkanes) is 1. The standard InChI is InChI=1S/C21H20N2O3/c1-2-3-14-26-21(25)18-17(15-10-6-4-7-11-15)19(22-23-20(18)24)16-12-8-5-9-13-16/h4-13H,2-3,14H2,1H3,(H,23,24). The van der Waals surface area contributed by atoms with Crippen LogP contribution in [-0.2, 0) is 4.74 Å². The van der Waals surface area contributed by atoms with Crippen LogP contribution in [0.5, 0.6) is 0 Å². The molecular formula is C21H20N2O3. The highest BCUT2D eigenvalue weighted by Gasteiger charge is 2.23.